The van der Waals surface area contributed by atoms with Crippen LogP contribution in [0.4, 0.5) is 5.95 Å². The zero-order valence-corrected chi connectivity index (χ0v) is 7.92. The molecule has 1 rings (SSSR count). The minimum absolute atomic E-state index is 0.214. The molecule has 1 aromatic heterocycles. The fraction of sp³-hybridized carbons (Fsp3) is 0.714. The normalized spacial score (nSPS) is 13.0. The molecule has 0 fully saturated rings. The van der Waals surface area contributed by atoms with Crippen molar-refractivity contribution in [2.45, 2.75) is 13.0 Å². The van der Waals surface area contributed by atoms with Gasteiger partial charge in [0.1, 0.15) is 5.82 Å². The lowest BCUT2D eigenvalue weighted by atomic mass is 10.3. The van der Waals surface area contributed by atoms with Crippen molar-refractivity contribution in [2.24, 2.45) is 0 Å². The van der Waals surface area contributed by atoms with Crippen LogP contribution in [0.1, 0.15) is 18.8 Å². The standard InChI is InChI=1S/C7H15N5/c1-5(8-2)6-9-7(11-10-6)12(3)4/h5,8H,1-4H3,(H,9,10,11). The highest BCUT2D eigenvalue weighted by Gasteiger charge is 2.09. The maximum atomic E-state index is 4.28. The summed E-state index contributed by atoms with van der Waals surface area (Å²) in [5.41, 5.74) is 0. The maximum absolute atomic E-state index is 4.28. The van der Waals surface area contributed by atoms with Crippen molar-refractivity contribution in [2.75, 3.05) is 26.0 Å². The van der Waals surface area contributed by atoms with Gasteiger partial charge in [0.2, 0.25) is 5.95 Å². The lowest BCUT2D eigenvalue weighted by molar-refractivity contribution is 0.613. The summed E-state index contributed by atoms with van der Waals surface area (Å²) in [5.74, 6) is 1.58. The average Bonchev–Trinajstić information content (AvgIpc) is 2.51. The molecule has 0 aliphatic carbocycles. The summed E-state index contributed by atoms with van der Waals surface area (Å²) in [6.45, 7) is 2.03. The van der Waals surface area contributed by atoms with Crippen molar-refractivity contribution in [1.82, 2.24) is 20.5 Å². The summed E-state index contributed by atoms with van der Waals surface area (Å²) in [4.78, 5) is 6.14. The third-order valence-corrected chi connectivity index (χ3v) is 1.73. The topological polar surface area (TPSA) is 56.8 Å². The molecular weight excluding hydrogens is 154 g/mol. The lowest BCUT2D eigenvalue weighted by Gasteiger charge is -2.05. The Morgan fingerprint density at radius 2 is 2.17 bits per heavy atom. The van der Waals surface area contributed by atoms with E-state index in [1.165, 1.54) is 0 Å². The van der Waals surface area contributed by atoms with Crippen LogP contribution in [0.25, 0.3) is 0 Å². The number of anilines is 1. The Kier molecular flexibility index (Phi) is 2.65. The van der Waals surface area contributed by atoms with E-state index in [1.54, 1.807) is 0 Å². The third kappa shape index (κ3) is 1.73. The SMILES string of the molecule is CNC(C)c1nc(N(C)C)n[nH]1. The van der Waals surface area contributed by atoms with Gasteiger partial charge in [0, 0.05) is 14.1 Å². The van der Waals surface area contributed by atoms with Gasteiger partial charge in [-0.15, -0.1) is 5.10 Å². The van der Waals surface area contributed by atoms with E-state index >= 15 is 0 Å². The van der Waals surface area contributed by atoms with Gasteiger partial charge in [-0.05, 0) is 14.0 Å². The van der Waals surface area contributed by atoms with Gasteiger partial charge >= 0.3 is 0 Å². The maximum Gasteiger partial charge on any atom is 0.244 e. The summed E-state index contributed by atoms with van der Waals surface area (Å²) in [6, 6.07) is 0.214. The Balaban J connectivity index is 2.77. The van der Waals surface area contributed by atoms with E-state index in [9.17, 15) is 0 Å². The molecule has 1 heterocycles. The van der Waals surface area contributed by atoms with Gasteiger partial charge in [0.05, 0.1) is 6.04 Å². The first-order valence-electron chi connectivity index (χ1n) is 3.92. The second-order valence-corrected chi connectivity index (χ2v) is 2.93. The van der Waals surface area contributed by atoms with E-state index in [2.05, 4.69) is 20.5 Å². The first-order valence-corrected chi connectivity index (χ1v) is 3.92. The predicted molar refractivity (Wildman–Crippen MR) is 48.2 cm³/mol. The number of aromatic nitrogens is 3. The molecule has 2 N–H and O–H groups in total. The fourth-order valence-corrected chi connectivity index (χ4v) is 0.795. The molecule has 0 aliphatic heterocycles. The molecular formula is C7H15N5. The molecule has 0 aliphatic rings. The highest BCUT2D eigenvalue weighted by Crippen LogP contribution is 2.08. The largest absolute Gasteiger partial charge is 0.346 e. The molecule has 0 aromatic carbocycles. The van der Waals surface area contributed by atoms with Crippen LogP contribution < -0.4 is 10.2 Å². The molecule has 0 spiro atoms. The van der Waals surface area contributed by atoms with Crippen LogP contribution in [0, 0.1) is 0 Å². The summed E-state index contributed by atoms with van der Waals surface area (Å²) in [7, 11) is 5.72. The van der Waals surface area contributed by atoms with Gasteiger partial charge < -0.3 is 10.2 Å². The number of hydrogen-bond acceptors (Lipinski definition) is 4. The number of aromatic amines is 1. The summed E-state index contributed by atoms with van der Waals surface area (Å²) in [6.07, 6.45) is 0. The highest BCUT2D eigenvalue weighted by molar-refractivity contribution is 5.25. The Hall–Kier alpha value is -1.10. The zero-order chi connectivity index (χ0) is 9.14. The number of rotatable bonds is 3. The minimum atomic E-state index is 0.214. The van der Waals surface area contributed by atoms with Gasteiger partial charge in [0.25, 0.3) is 0 Å². The molecule has 0 radical (unpaired) electrons. The Labute approximate surface area is 72.2 Å². The fourth-order valence-electron chi connectivity index (χ4n) is 0.795. The van der Waals surface area contributed by atoms with Crippen LogP contribution in [0.5, 0.6) is 0 Å². The average molecular weight is 169 g/mol. The number of nitrogens with zero attached hydrogens (tertiary/aromatic N) is 3. The zero-order valence-electron chi connectivity index (χ0n) is 7.92. The van der Waals surface area contributed by atoms with Crippen molar-refractivity contribution in [3.05, 3.63) is 5.82 Å². The monoisotopic (exact) mass is 169 g/mol. The van der Waals surface area contributed by atoms with Crippen LogP contribution in [0.15, 0.2) is 0 Å². The summed E-state index contributed by atoms with van der Waals surface area (Å²) in [5, 5.41) is 9.99. The van der Waals surface area contributed by atoms with Crippen molar-refractivity contribution in [3.8, 4) is 0 Å². The van der Waals surface area contributed by atoms with Crippen LogP contribution in [0.2, 0.25) is 0 Å². The van der Waals surface area contributed by atoms with Crippen molar-refractivity contribution in [3.63, 3.8) is 0 Å². The lowest BCUT2D eigenvalue weighted by Crippen LogP contribution is -2.14. The molecule has 5 nitrogen and oxygen atoms in total. The van der Waals surface area contributed by atoms with E-state index in [4.69, 9.17) is 0 Å². The first-order chi connectivity index (χ1) is 5.65. The van der Waals surface area contributed by atoms with Gasteiger partial charge in [-0.2, -0.15) is 4.98 Å². The summed E-state index contributed by atoms with van der Waals surface area (Å²) >= 11 is 0. The van der Waals surface area contributed by atoms with Crippen molar-refractivity contribution >= 4 is 5.95 Å². The highest BCUT2D eigenvalue weighted by atomic mass is 15.3. The Bertz CT molecular complexity index is 242. The van der Waals surface area contributed by atoms with Crippen molar-refractivity contribution < 1.29 is 0 Å². The van der Waals surface area contributed by atoms with Crippen LogP contribution in [0.3, 0.4) is 0 Å². The predicted octanol–water partition coefficient (Wildman–Crippen LogP) is 0.151. The van der Waals surface area contributed by atoms with Crippen LogP contribution in [-0.4, -0.2) is 36.3 Å². The van der Waals surface area contributed by atoms with E-state index in [0.29, 0.717) is 5.95 Å². The molecule has 0 bridgehead atoms. The first kappa shape index (κ1) is 8.99. The number of hydrogen-bond donors (Lipinski definition) is 2. The van der Waals surface area contributed by atoms with E-state index in [0.717, 1.165) is 5.82 Å². The Morgan fingerprint density at radius 1 is 1.50 bits per heavy atom. The smallest absolute Gasteiger partial charge is 0.244 e. The quantitative estimate of drug-likeness (QED) is 0.676. The van der Waals surface area contributed by atoms with E-state index in [-0.39, 0.29) is 6.04 Å². The molecule has 1 unspecified atom stereocenters. The molecule has 0 saturated heterocycles. The molecule has 5 heteroatoms. The van der Waals surface area contributed by atoms with Gasteiger partial charge in [-0.3, -0.25) is 5.10 Å². The van der Waals surface area contributed by atoms with Crippen LogP contribution in [-0.2, 0) is 0 Å². The molecule has 1 atom stereocenters. The van der Waals surface area contributed by atoms with Crippen molar-refractivity contribution in [1.29, 1.82) is 0 Å². The Morgan fingerprint density at radius 3 is 2.58 bits per heavy atom. The van der Waals surface area contributed by atoms with E-state index in [1.807, 2.05) is 33.0 Å². The third-order valence-electron chi connectivity index (χ3n) is 1.73. The second kappa shape index (κ2) is 3.53. The number of H-pyrrole nitrogens is 1. The molecule has 0 amide bonds. The summed E-state index contributed by atoms with van der Waals surface area (Å²) < 4.78 is 0. The van der Waals surface area contributed by atoms with Gasteiger partial charge in [0.15, 0.2) is 0 Å². The number of nitrogens with one attached hydrogen (secondary N) is 2. The minimum Gasteiger partial charge on any atom is -0.346 e. The molecule has 1 aromatic rings. The van der Waals surface area contributed by atoms with E-state index < -0.39 is 0 Å². The second-order valence-electron chi connectivity index (χ2n) is 2.93. The van der Waals surface area contributed by atoms with Gasteiger partial charge in [-0.1, -0.05) is 0 Å². The molecule has 68 valence electrons. The van der Waals surface area contributed by atoms with Crippen LogP contribution >= 0.6 is 0 Å². The van der Waals surface area contributed by atoms with Gasteiger partial charge in [-0.25, -0.2) is 0 Å². The molecule has 12 heavy (non-hydrogen) atoms. The molecule has 0 saturated carbocycles.